The summed E-state index contributed by atoms with van der Waals surface area (Å²) in [5, 5.41) is 3.40. The Morgan fingerprint density at radius 3 is 2.33 bits per heavy atom. The second-order valence-electron chi connectivity index (χ2n) is 5.00. The van der Waals surface area contributed by atoms with Crippen LogP contribution in [0.2, 0.25) is 0 Å². The smallest absolute Gasteiger partial charge is 0.190 e. The van der Waals surface area contributed by atoms with E-state index in [0.29, 0.717) is 11.5 Å². The topological polar surface area (TPSA) is 47.6 Å². The fraction of sp³-hybridized carbons (Fsp3) is 0.500. The van der Waals surface area contributed by atoms with Crippen LogP contribution in [0.25, 0.3) is 0 Å². The fourth-order valence-corrected chi connectivity index (χ4v) is 3.07. The molecule has 1 aliphatic heterocycles. The van der Waals surface area contributed by atoms with Gasteiger partial charge in [-0.2, -0.15) is 0 Å². The lowest BCUT2D eigenvalue weighted by molar-refractivity contribution is 0.0922. The van der Waals surface area contributed by atoms with Gasteiger partial charge < -0.3 is 14.8 Å². The molecule has 1 heterocycles. The van der Waals surface area contributed by atoms with Gasteiger partial charge in [-0.25, -0.2) is 0 Å². The molecule has 0 saturated heterocycles. The molecule has 0 bridgehead atoms. The zero-order valence-electron chi connectivity index (χ0n) is 10.7. The number of ether oxygens (including phenoxy) is 2. The minimum Gasteiger partial charge on any atom is -0.493 e. The lowest BCUT2D eigenvalue weighted by Crippen LogP contribution is -2.38. The van der Waals surface area contributed by atoms with E-state index in [4.69, 9.17) is 9.47 Å². The number of ketones is 1. The van der Waals surface area contributed by atoms with Crippen LogP contribution in [0.3, 0.4) is 0 Å². The number of hydrogen-bond acceptors (Lipinski definition) is 4. The van der Waals surface area contributed by atoms with Crippen molar-refractivity contribution in [3.63, 3.8) is 0 Å². The van der Waals surface area contributed by atoms with Crippen LogP contribution in [0.4, 0.5) is 5.69 Å². The van der Waals surface area contributed by atoms with Gasteiger partial charge in [0, 0.05) is 17.3 Å². The van der Waals surface area contributed by atoms with E-state index in [9.17, 15) is 4.79 Å². The van der Waals surface area contributed by atoms with Crippen molar-refractivity contribution in [2.75, 3.05) is 19.5 Å². The van der Waals surface area contributed by atoms with E-state index in [0.717, 1.165) is 36.9 Å². The molecule has 1 N–H and O–H groups in total. The molecular formula is C14H17NO3. The van der Waals surface area contributed by atoms with Gasteiger partial charge in [-0.05, 0) is 18.9 Å². The molecule has 0 atom stereocenters. The van der Waals surface area contributed by atoms with E-state index in [1.54, 1.807) is 20.3 Å². The average Bonchev–Trinajstić information content (AvgIpc) is 2.96. The number of hydrogen-bond donors (Lipinski definition) is 1. The molecule has 0 aromatic heterocycles. The summed E-state index contributed by atoms with van der Waals surface area (Å²) < 4.78 is 10.5. The Morgan fingerprint density at radius 1 is 1.11 bits per heavy atom. The molecule has 4 heteroatoms. The number of nitrogens with one attached hydrogen (secondary N) is 1. The van der Waals surface area contributed by atoms with Crippen LogP contribution >= 0.6 is 0 Å². The number of anilines is 1. The van der Waals surface area contributed by atoms with Crippen molar-refractivity contribution in [3.8, 4) is 11.5 Å². The molecule has 1 spiro atoms. The van der Waals surface area contributed by atoms with Gasteiger partial charge in [0.2, 0.25) is 0 Å². The number of Topliss-reactive ketones (excluding diaryl/α,β-unsaturated/α-hetero) is 1. The molecule has 1 aromatic carbocycles. The Bertz CT molecular complexity index is 504. The molecule has 0 radical (unpaired) electrons. The number of carbonyl (C=O) groups is 1. The highest BCUT2D eigenvalue weighted by Gasteiger charge is 2.47. The molecule has 2 aliphatic rings. The molecule has 1 aromatic rings. The number of benzene rings is 1. The molecule has 1 aliphatic carbocycles. The number of rotatable bonds is 2. The highest BCUT2D eigenvalue weighted by molar-refractivity contribution is 6.14. The predicted octanol–water partition coefficient (Wildman–Crippen LogP) is 2.62. The average molecular weight is 247 g/mol. The highest BCUT2D eigenvalue weighted by atomic mass is 16.5. The van der Waals surface area contributed by atoms with Gasteiger partial charge in [-0.3, -0.25) is 4.79 Å². The standard InChI is InChI=1S/C14H17NO3/c1-17-11-7-9-10(8-12(11)18-2)15-14(13(9)16)5-3-4-6-14/h7-8,15H,3-6H2,1-2H3. The zero-order valence-corrected chi connectivity index (χ0v) is 10.7. The zero-order chi connectivity index (χ0) is 12.8. The molecule has 0 amide bonds. The minimum atomic E-state index is -0.361. The van der Waals surface area contributed by atoms with Gasteiger partial charge in [-0.15, -0.1) is 0 Å². The summed E-state index contributed by atoms with van der Waals surface area (Å²) in [6.45, 7) is 0. The predicted molar refractivity (Wildman–Crippen MR) is 68.7 cm³/mol. The lowest BCUT2D eigenvalue weighted by Gasteiger charge is -2.21. The first-order valence-electron chi connectivity index (χ1n) is 6.29. The normalized spacial score (nSPS) is 19.8. The van der Waals surface area contributed by atoms with E-state index < -0.39 is 0 Å². The highest BCUT2D eigenvalue weighted by Crippen LogP contribution is 2.46. The van der Waals surface area contributed by atoms with Crippen molar-refractivity contribution < 1.29 is 14.3 Å². The second-order valence-corrected chi connectivity index (χ2v) is 5.00. The Morgan fingerprint density at radius 2 is 1.72 bits per heavy atom. The van der Waals surface area contributed by atoms with Crippen molar-refractivity contribution in [2.45, 2.75) is 31.2 Å². The third-order valence-electron chi connectivity index (χ3n) is 4.03. The summed E-state index contributed by atoms with van der Waals surface area (Å²) in [6.07, 6.45) is 4.07. The Balaban J connectivity index is 2.07. The maximum Gasteiger partial charge on any atom is 0.190 e. The second kappa shape index (κ2) is 3.90. The third kappa shape index (κ3) is 1.41. The number of carbonyl (C=O) groups excluding carboxylic acids is 1. The van der Waals surface area contributed by atoms with Gasteiger partial charge in [0.25, 0.3) is 0 Å². The Hall–Kier alpha value is -1.71. The molecule has 1 fully saturated rings. The lowest BCUT2D eigenvalue weighted by atomic mass is 9.92. The summed E-state index contributed by atoms with van der Waals surface area (Å²) >= 11 is 0. The molecule has 96 valence electrons. The van der Waals surface area contributed by atoms with Crippen molar-refractivity contribution >= 4 is 11.5 Å². The molecule has 3 rings (SSSR count). The third-order valence-corrected chi connectivity index (χ3v) is 4.03. The Labute approximate surface area is 106 Å². The molecule has 18 heavy (non-hydrogen) atoms. The van der Waals surface area contributed by atoms with Gasteiger partial charge in [0.05, 0.1) is 14.2 Å². The number of fused-ring (bicyclic) bond motifs is 1. The van der Waals surface area contributed by atoms with Gasteiger partial charge >= 0.3 is 0 Å². The summed E-state index contributed by atoms with van der Waals surface area (Å²) in [6, 6.07) is 3.65. The van der Waals surface area contributed by atoms with Gasteiger partial charge in [0.1, 0.15) is 5.54 Å². The summed E-state index contributed by atoms with van der Waals surface area (Å²) in [5.74, 6) is 1.48. The van der Waals surface area contributed by atoms with Gasteiger partial charge in [0.15, 0.2) is 17.3 Å². The maximum absolute atomic E-state index is 12.5. The maximum atomic E-state index is 12.5. The van der Waals surface area contributed by atoms with Crippen molar-refractivity contribution in [1.82, 2.24) is 0 Å². The fourth-order valence-electron chi connectivity index (χ4n) is 3.07. The largest absolute Gasteiger partial charge is 0.493 e. The van der Waals surface area contributed by atoms with Crippen LogP contribution in [-0.4, -0.2) is 25.5 Å². The quantitative estimate of drug-likeness (QED) is 0.872. The molecule has 0 unspecified atom stereocenters. The first-order valence-corrected chi connectivity index (χ1v) is 6.29. The molecule has 1 saturated carbocycles. The number of methoxy groups -OCH3 is 2. The summed E-state index contributed by atoms with van der Waals surface area (Å²) in [4.78, 5) is 12.5. The summed E-state index contributed by atoms with van der Waals surface area (Å²) in [7, 11) is 3.19. The summed E-state index contributed by atoms with van der Waals surface area (Å²) in [5.41, 5.74) is 1.24. The van der Waals surface area contributed by atoms with Crippen molar-refractivity contribution in [2.24, 2.45) is 0 Å². The van der Waals surface area contributed by atoms with E-state index >= 15 is 0 Å². The van der Waals surface area contributed by atoms with E-state index in [2.05, 4.69) is 5.32 Å². The van der Waals surface area contributed by atoms with Crippen LogP contribution in [0.15, 0.2) is 12.1 Å². The van der Waals surface area contributed by atoms with Crippen LogP contribution in [0.5, 0.6) is 11.5 Å². The minimum absolute atomic E-state index is 0.205. The van der Waals surface area contributed by atoms with Gasteiger partial charge in [-0.1, -0.05) is 12.8 Å². The SMILES string of the molecule is COc1cc2c(cc1OC)C(=O)C1(CCCC1)N2. The monoisotopic (exact) mass is 247 g/mol. The van der Waals surface area contributed by atoms with Crippen LogP contribution in [-0.2, 0) is 0 Å². The van der Waals surface area contributed by atoms with Crippen LogP contribution in [0, 0.1) is 0 Å². The van der Waals surface area contributed by atoms with Crippen LogP contribution in [0.1, 0.15) is 36.0 Å². The van der Waals surface area contributed by atoms with E-state index in [1.165, 1.54) is 0 Å². The van der Waals surface area contributed by atoms with Crippen LogP contribution < -0.4 is 14.8 Å². The molecule has 4 nitrogen and oxygen atoms in total. The van der Waals surface area contributed by atoms with Crippen molar-refractivity contribution in [1.29, 1.82) is 0 Å². The first-order chi connectivity index (χ1) is 8.70. The van der Waals surface area contributed by atoms with E-state index in [-0.39, 0.29) is 11.3 Å². The van der Waals surface area contributed by atoms with E-state index in [1.807, 2.05) is 6.07 Å². The molecular weight excluding hydrogens is 230 g/mol. The Kier molecular flexibility index (Phi) is 2.47. The van der Waals surface area contributed by atoms with Crippen molar-refractivity contribution in [3.05, 3.63) is 17.7 Å². The first kappa shape index (κ1) is 11.4.